The third-order valence-electron chi connectivity index (χ3n) is 10.2. The predicted molar refractivity (Wildman–Crippen MR) is 238 cm³/mol. The topological polar surface area (TPSA) is 166 Å². The van der Waals surface area contributed by atoms with Gasteiger partial charge in [0.25, 0.3) is 0 Å². The van der Waals surface area contributed by atoms with E-state index in [1.54, 1.807) is 74.2 Å². The molecule has 0 spiro atoms. The third-order valence-corrected chi connectivity index (χ3v) is 10.2. The van der Waals surface area contributed by atoms with Crippen LogP contribution in [0.2, 0.25) is 0 Å². The summed E-state index contributed by atoms with van der Waals surface area (Å²) in [5.41, 5.74) is 7.25. The van der Waals surface area contributed by atoms with Gasteiger partial charge in [0.15, 0.2) is 26.9 Å². The molecule has 17 heteroatoms. The fraction of sp³-hybridized carbons (Fsp3) is 0.170. The van der Waals surface area contributed by atoms with E-state index in [-0.39, 0.29) is 0 Å². The molecule has 0 amide bonds. The number of nitrogens with zero attached hydrogens (tertiary/aromatic N) is 13. The molecule has 64 heavy (non-hydrogen) atoms. The van der Waals surface area contributed by atoms with Crippen LogP contribution in [0.3, 0.4) is 0 Å². The molecule has 0 aliphatic carbocycles. The van der Waals surface area contributed by atoms with Gasteiger partial charge in [-0.15, -0.1) is 0 Å². The molecular weight excluding hydrogens is 811 g/mol. The molecule has 12 rings (SSSR count). The van der Waals surface area contributed by atoms with E-state index in [4.69, 9.17) is 18.9 Å². The van der Waals surface area contributed by atoms with Crippen LogP contribution in [-0.2, 0) is 26.2 Å². The molecule has 0 fully saturated rings. The Labute approximate surface area is 369 Å². The highest BCUT2D eigenvalue weighted by molar-refractivity contribution is 5.49. The van der Waals surface area contributed by atoms with Crippen molar-refractivity contribution in [1.82, 2.24) is 44.9 Å². The average Bonchev–Trinajstić information content (AvgIpc) is 3.39. The van der Waals surface area contributed by atoms with E-state index in [0.717, 1.165) is 82.5 Å². The minimum Gasteiger partial charge on any atom is -0.471 e. The van der Waals surface area contributed by atoms with Crippen LogP contribution in [0.15, 0.2) is 165 Å². The molecule has 8 aromatic rings. The first kappa shape index (κ1) is 40.9. The Balaban J connectivity index is 0.000000108. The van der Waals surface area contributed by atoms with Crippen molar-refractivity contribution >= 4 is 23.0 Å². The van der Waals surface area contributed by atoms with Crippen molar-refractivity contribution in [1.29, 1.82) is 0 Å². The summed E-state index contributed by atoms with van der Waals surface area (Å²) in [5, 5.41) is 0. The van der Waals surface area contributed by atoms with Gasteiger partial charge in [-0.1, -0.05) is 6.07 Å². The summed E-state index contributed by atoms with van der Waals surface area (Å²) < 4.78 is 22.4. The highest BCUT2D eigenvalue weighted by Crippen LogP contribution is 2.28. The van der Waals surface area contributed by atoms with Gasteiger partial charge >= 0.3 is 0 Å². The van der Waals surface area contributed by atoms with Crippen LogP contribution in [0.4, 0.5) is 23.0 Å². The Kier molecular flexibility index (Phi) is 13.0. The lowest BCUT2D eigenvalue weighted by molar-refractivity contribution is 0.277. The van der Waals surface area contributed by atoms with E-state index in [1.807, 2.05) is 96.0 Å². The number of hydrogen-bond acceptors (Lipinski definition) is 17. The summed E-state index contributed by atoms with van der Waals surface area (Å²) in [4.78, 5) is 45.9. The SMILES string of the molecule is c1cnc(N2COc3cccnc3C2)nc1.c1cnc2c(c1)CN(c1ccncc1)CO2.c1cnc2c(c1)OCN(c1ccncc1)C2.c1cncc(N2COc3cccnc3C2)c1. The second-order valence-corrected chi connectivity index (χ2v) is 14.4. The van der Waals surface area contributed by atoms with E-state index >= 15 is 0 Å². The summed E-state index contributed by atoms with van der Waals surface area (Å²) in [7, 11) is 0. The number of aromatic nitrogens is 9. The fourth-order valence-electron chi connectivity index (χ4n) is 6.94. The van der Waals surface area contributed by atoms with Gasteiger partial charge in [-0.05, 0) is 84.9 Å². The number of anilines is 4. The first-order valence-electron chi connectivity index (χ1n) is 20.5. The quantitative estimate of drug-likeness (QED) is 0.183. The molecule has 12 heterocycles. The number of rotatable bonds is 4. The zero-order valence-corrected chi connectivity index (χ0v) is 34.7. The van der Waals surface area contributed by atoms with Crippen molar-refractivity contribution in [2.24, 2.45) is 0 Å². The van der Waals surface area contributed by atoms with Gasteiger partial charge in [-0.3, -0.25) is 29.9 Å². The van der Waals surface area contributed by atoms with Crippen LogP contribution in [-0.4, -0.2) is 71.8 Å². The zero-order valence-electron chi connectivity index (χ0n) is 34.7. The van der Waals surface area contributed by atoms with Gasteiger partial charge in [-0.25, -0.2) is 15.0 Å². The number of pyridine rings is 7. The first-order valence-corrected chi connectivity index (χ1v) is 20.5. The maximum absolute atomic E-state index is 5.63. The molecule has 4 aliphatic rings. The Morgan fingerprint density at radius 1 is 0.344 bits per heavy atom. The van der Waals surface area contributed by atoms with Crippen LogP contribution in [0, 0.1) is 0 Å². The minimum absolute atomic E-state index is 0.461. The molecule has 0 radical (unpaired) electrons. The summed E-state index contributed by atoms with van der Waals surface area (Å²) in [6.45, 7) is 5.15. The lowest BCUT2D eigenvalue weighted by atomic mass is 10.2. The molecular formula is C47H43N13O4. The molecule has 0 saturated heterocycles. The third kappa shape index (κ3) is 10.3. The van der Waals surface area contributed by atoms with E-state index < -0.39 is 0 Å². The maximum Gasteiger partial charge on any atom is 0.228 e. The number of hydrogen-bond donors (Lipinski definition) is 0. The summed E-state index contributed by atoms with van der Waals surface area (Å²) in [6.07, 6.45) is 21.3. The Morgan fingerprint density at radius 2 is 0.797 bits per heavy atom. The van der Waals surface area contributed by atoms with Crippen molar-refractivity contribution in [3.05, 3.63) is 188 Å². The van der Waals surface area contributed by atoms with Gasteiger partial charge < -0.3 is 38.5 Å². The molecule has 0 unspecified atom stereocenters. The van der Waals surface area contributed by atoms with Gasteiger partial charge in [0.2, 0.25) is 11.8 Å². The molecule has 320 valence electrons. The largest absolute Gasteiger partial charge is 0.471 e. The molecule has 4 aliphatic heterocycles. The Hall–Kier alpha value is -8.47. The Morgan fingerprint density at radius 3 is 1.36 bits per heavy atom. The van der Waals surface area contributed by atoms with Crippen molar-refractivity contribution in [3.63, 3.8) is 0 Å². The normalized spacial score (nSPS) is 14.1. The van der Waals surface area contributed by atoms with Crippen LogP contribution in [0.25, 0.3) is 0 Å². The summed E-state index contributed by atoms with van der Waals surface area (Å²) in [5.74, 6) is 4.01. The van der Waals surface area contributed by atoms with E-state index in [1.165, 1.54) is 0 Å². The second-order valence-electron chi connectivity index (χ2n) is 14.4. The summed E-state index contributed by atoms with van der Waals surface area (Å²) >= 11 is 0. The molecule has 8 aromatic heterocycles. The molecule has 17 nitrogen and oxygen atoms in total. The standard InChI is InChI=1S/3C12H11N3O.C11H10N4O/c1-3-10(7-13-5-1)15-8-11-12(16-9-15)4-2-6-14-11;1-2-12-11(14-5-1)8-15(9-16-12)10-3-6-13-7-4-10;1-2-10-8-15(9-16-12(10)14-5-1)11-3-6-13-7-4-11;1-3-10-9(12-4-1)7-15(8-16-10)11-13-5-2-6-14-11/h3*1-7H,8-9H2;1-6H,7-8H2. The molecule has 0 bridgehead atoms. The van der Waals surface area contributed by atoms with Crippen molar-refractivity contribution in [2.45, 2.75) is 26.2 Å². The van der Waals surface area contributed by atoms with Crippen molar-refractivity contribution in [2.75, 3.05) is 46.5 Å². The van der Waals surface area contributed by atoms with Crippen molar-refractivity contribution in [3.8, 4) is 23.1 Å². The smallest absolute Gasteiger partial charge is 0.228 e. The zero-order chi connectivity index (χ0) is 43.2. The van der Waals surface area contributed by atoms with Crippen LogP contribution < -0.4 is 38.5 Å². The highest BCUT2D eigenvalue weighted by Gasteiger charge is 2.21. The van der Waals surface area contributed by atoms with E-state index in [9.17, 15) is 0 Å². The molecule has 0 aromatic carbocycles. The van der Waals surface area contributed by atoms with E-state index in [2.05, 4.69) is 59.6 Å². The second kappa shape index (κ2) is 20.4. The monoisotopic (exact) mass is 853 g/mol. The lowest BCUT2D eigenvalue weighted by Crippen LogP contribution is -2.33. The fourth-order valence-corrected chi connectivity index (χ4v) is 6.94. The van der Waals surface area contributed by atoms with Crippen LogP contribution >= 0.6 is 0 Å². The first-order chi connectivity index (χ1) is 31.7. The van der Waals surface area contributed by atoms with Gasteiger partial charge in [0.05, 0.1) is 38.1 Å². The molecule has 0 N–H and O–H groups in total. The highest BCUT2D eigenvalue weighted by atomic mass is 16.5. The molecule has 0 saturated carbocycles. The number of fused-ring (bicyclic) bond motifs is 4. The van der Waals surface area contributed by atoms with Crippen molar-refractivity contribution < 1.29 is 18.9 Å². The molecule has 0 atom stereocenters. The lowest BCUT2D eigenvalue weighted by Gasteiger charge is -2.29. The average molecular weight is 854 g/mol. The van der Waals surface area contributed by atoms with Gasteiger partial charge in [0, 0.05) is 85.1 Å². The predicted octanol–water partition coefficient (Wildman–Crippen LogP) is 6.73. The van der Waals surface area contributed by atoms with Crippen LogP contribution in [0.1, 0.15) is 22.6 Å². The minimum atomic E-state index is 0.461. The maximum atomic E-state index is 5.63. The van der Waals surface area contributed by atoms with Crippen LogP contribution in [0.5, 0.6) is 23.1 Å². The summed E-state index contributed by atoms with van der Waals surface area (Å²) in [6, 6.07) is 29.1. The van der Waals surface area contributed by atoms with Gasteiger partial charge in [-0.2, -0.15) is 0 Å². The van der Waals surface area contributed by atoms with Gasteiger partial charge in [0.1, 0.15) is 34.3 Å². The number of ether oxygens (including phenoxy) is 4. The van der Waals surface area contributed by atoms with E-state index in [0.29, 0.717) is 39.4 Å². The Bertz CT molecular complexity index is 2320.